The Balaban J connectivity index is 4.72. The lowest BCUT2D eigenvalue weighted by Crippen LogP contribution is -2.53. The van der Waals surface area contributed by atoms with Gasteiger partial charge in [-0.2, -0.15) is 10.1 Å². The average molecular weight is 246 g/mol. The molecule has 0 radical (unpaired) electrons. The lowest BCUT2D eigenvalue weighted by molar-refractivity contribution is -0.171. The zero-order chi connectivity index (χ0) is 13.6. The minimum Gasteiger partial charge on any atom is -0.480 e. The molecule has 7 heteroatoms. The molecule has 100 valence electrons. The van der Waals surface area contributed by atoms with Crippen molar-refractivity contribution in [2.75, 3.05) is 7.05 Å². The van der Waals surface area contributed by atoms with Gasteiger partial charge in [-0.15, -0.1) is 0 Å². The molecule has 0 aliphatic heterocycles. The van der Waals surface area contributed by atoms with Gasteiger partial charge in [0.25, 0.3) is 0 Å². The van der Waals surface area contributed by atoms with Gasteiger partial charge in [0.1, 0.15) is 12.3 Å². The zero-order valence-electron chi connectivity index (χ0n) is 11.3. The van der Waals surface area contributed by atoms with Gasteiger partial charge in [-0.25, -0.2) is 5.53 Å². The van der Waals surface area contributed by atoms with E-state index < -0.39 is 18.2 Å². The van der Waals surface area contributed by atoms with Crippen molar-refractivity contribution in [3.05, 3.63) is 0 Å². The predicted molar refractivity (Wildman–Crippen MR) is 63.2 cm³/mol. The number of carboxylic acid groups (broad SMARTS) is 1. The molecule has 0 bridgehead atoms. The number of nitrogens with zero attached hydrogens (tertiary/aromatic N) is 3. The summed E-state index contributed by atoms with van der Waals surface area (Å²) in [5.41, 5.74) is 2.18. The minimum atomic E-state index is -0.965. The first-order chi connectivity index (χ1) is 7.69. The molecule has 2 N–H and O–H groups in total. The highest BCUT2D eigenvalue weighted by atomic mass is 16.5. The van der Waals surface area contributed by atoms with Crippen molar-refractivity contribution in [3.63, 3.8) is 0 Å². The first kappa shape index (κ1) is 15.8. The van der Waals surface area contributed by atoms with Gasteiger partial charge in [0.2, 0.25) is 0 Å². The second kappa shape index (κ2) is 6.51. The van der Waals surface area contributed by atoms with Gasteiger partial charge in [0, 0.05) is 0 Å². The first-order valence-electron chi connectivity index (χ1n) is 5.42. The van der Waals surface area contributed by atoms with Crippen molar-refractivity contribution in [2.24, 2.45) is 10.3 Å². The summed E-state index contributed by atoms with van der Waals surface area (Å²) in [5.74, 6) is -0.965. The second-order valence-electron chi connectivity index (χ2n) is 4.65. The Hall–Kier alpha value is -1.21. The molecule has 0 saturated heterocycles. The van der Waals surface area contributed by atoms with Gasteiger partial charge in [0.15, 0.2) is 0 Å². The van der Waals surface area contributed by atoms with E-state index in [-0.39, 0.29) is 5.60 Å². The highest BCUT2D eigenvalue weighted by Gasteiger charge is 2.28. The van der Waals surface area contributed by atoms with Gasteiger partial charge < -0.3 is 9.84 Å². The van der Waals surface area contributed by atoms with Gasteiger partial charge in [0.05, 0.1) is 12.6 Å². The van der Waals surface area contributed by atoms with E-state index >= 15 is 0 Å². The van der Waals surface area contributed by atoms with Crippen LogP contribution in [-0.2, 0) is 9.53 Å². The van der Waals surface area contributed by atoms with Gasteiger partial charge in [-0.1, -0.05) is 5.22 Å². The number of ether oxygens (including phenoxy) is 1. The van der Waals surface area contributed by atoms with E-state index in [9.17, 15) is 4.79 Å². The minimum absolute atomic E-state index is 0.374. The van der Waals surface area contributed by atoms with Gasteiger partial charge in [-0.3, -0.25) is 4.79 Å². The number of nitrogens with one attached hydrogen (secondary N) is 1. The molecule has 2 atom stereocenters. The molecule has 0 aliphatic carbocycles. The molecule has 0 spiro atoms. The Morgan fingerprint density at radius 1 is 1.41 bits per heavy atom. The van der Waals surface area contributed by atoms with Crippen molar-refractivity contribution in [1.82, 2.24) is 10.5 Å². The topological polar surface area (TPSA) is 86.5 Å². The third kappa shape index (κ3) is 6.18. The standard InChI is InChI=1S/C10H22N4O3/c1-7(9(15)16)14(13-12-11-6)8(2)17-10(3,4)5/h7-8H,1-6H3,(H,11,13)(H,15,16)/t7-,8?/m0/s1. The van der Waals surface area contributed by atoms with E-state index in [1.807, 2.05) is 20.8 Å². The van der Waals surface area contributed by atoms with Crippen LogP contribution in [-0.4, -0.2) is 41.0 Å². The number of carboxylic acids is 1. The van der Waals surface area contributed by atoms with Crippen molar-refractivity contribution in [3.8, 4) is 0 Å². The van der Waals surface area contributed by atoms with Crippen molar-refractivity contribution < 1.29 is 14.6 Å². The lowest BCUT2D eigenvalue weighted by atomic mass is 10.2. The molecule has 0 aromatic heterocycles. The summed E-state index contributed by atoms with van der Waals surface area (Å²) in [6.45, 7) is 8.99. The van der Waals surface area contributed by atoms with Crippen LogP contribution in [0.25, 0.3) is 0 Å². The van der Waals surface area contributed by atoms with Crippen LogP contribution in [0, 0.1) is 0 Å². The monoisotopic (exact) mass is 246 g/mol. The Morgan fingerprint density at radius 2 is 1.94 bits per heavy atom. The molecule has 7 nitrogen and oxygen atoms in total. The normalized spacial score (nSPS) is 16.2. The SMILES string of the molecule is CN=NNN(C(C)OC(C)(C)C)[C@@H](C)C(=O)O. The molecule has 0 aromatic rings. The van der Waals surface area contributed by atoms with E-state index in [2.05, 4.69) is 15.9 Å². The van der Waals surface area contributed by atoms with Crippen LogP contribution in [0.5, 0.6) is 0 Å². The quantitative estimate of drug-likeness (QED) is 0.420. The summed E-state index contributed by atoms with van der Waals surface area (Å²) in [6.07, 6.45) is -0.452. The summed E-state index contributed by atoms with van der Waals surface area (Å²) >= 11 is 0. The second-order valence-corrected chi connectivity index (χ2v) is 4.65. The van der Waals surface area contributed by atoms with Crippen LogP contribution >= 0.6 is 0 Å². The first-order valence-corrected chi connectivity index (χ1v) is 5.42. The van der Waals surface area contributed by atoms with Crippen LogP contribution in [0.3, 0.4) is 0 Å². The van der Waals surface area contributed by atoms with Crippen LogP contribution in [0.4, 0.5) is 0 Å². The van der Waals surface area contributed by atoms with Crippen molar-refractivity contribution >= 4 is 5.97 Å². The Labute approximate surface area is 102 Å². The Kier molecular flexibility index (Phi) is 6.04. The molecule has 1 unspecified atom stereocenters. The van der Waals surface area contributed by atoms with Crippen LogP contribution in [0.2, 0.25) is 0 Å². The van der Waals surface area contributed by atoms with Gasteiger partial charge >= 0.3 is 5.97 Å². The molecule has 0 amide bonds. The number of hydrazine groups is 1. The number of rotatable bonds is 6. The molecule has 0 aliphatic rings. The molecule has 0 saturated carbocycles. The van der Waals surface area contributed by atoms with E-state index in [1.54, 1.807) is 13.8 Å². The zero-order valence-corrected chi connectivity index (χ0v) is 11.3. The fourth-order valence-electron chi connectivity index (χ4n) is 1.27. The van der Waals surface area contributed by atoms with Crippen molar-refractivity contribution in [1.29, 1.82) is 0 Å². The van der Waals surface area contributed by atoms with Crippen molar-refractivity contribution in [2.45, 2.75) is 52.5 Å². The number of carbonyl (C=O) groups is 1. The Bertz CT molecular complexity index is 275. The molecular weight excluding hydrogens is 224 g/mol. The molecule has 0 aromatic carbocycles. The molecular formula is C10H22N4O3. The maximum atomic E-state index is 11.0. The van der Waals surface area contributed by atoms with E-state index in [0.29, 0.717) is 0 Å². The van der Waals surface area contributed by atoms with Crippen LogP contribution < -0.4 is 5.53 Å². The lowest BCUT2D eigenvalue weighted by Gasteiger charge is -2.34. The van der Waals surface area contributed by atoms with E-state index in [1.165, 1.54) is 12.1 Å². The summed E-state index contributed by atoms with van der Waals surface area (Å²) < 4.78 is 5.67. The fraction of sp³-hybridized carbons (Fsp3) is 0.900. The Morgan fingerprint density at radius 3 is 2.29 bits per heavy atom. The van der Waals surface area contributed by atoms with Crippen LogP contribution in [0.1, 0.15) is 34.6 Å². The number of aliphatic carboxylic acids is 1. The third-order valence-corrected chi connectivity index (χ3v) is 1.95. The smallest absolute Gasteiger partial charge is 0.322 e. The molecule has 17 heavy (non-hydrogen) atoms. The number of hydrogen-bond acceptors (Lipinski definition) is 5. The number of hydrogen-bond donors (Lipinski definition) is 2. The molecule has 0 heterocycles. The van der Waals surface area contributed by atoms with E-state index in [4.69, 9.17) is 9.84 Å². The maximum absolute atomic E-state index is 11.0. The highest BCUT2D eigenvalue weighted by molar-refractivity contribution is 5.72. The van der Waals surface area contributed by atoms with Gasteiger partial charge in [-0.05, 0) is 34.6 Å². The summed E-state index contributed by atoms with van der Waals surface area (Å²) in [7, 11) is 1.49. The third-order valence-electron chi connectivity index (χ3n) is 1.95. The summed E-state index contributed by atoms with van der Waals surface area (Å²) in [4.78, 5) is 11.0. The average Bonchev–Trinajstić information content (AvgIpc) is 2.15. The van der Waals surface area contributed by atoms with E-state index in [0.717, 1.165) is 0 Å². The molecule has 0 rings (SSSR count). The largest absolute Gasteiger partial charge is 0.480 e. The summed E-state index contributed by atoms with van der Waals surface area (Å²) in [6, 6.07) is -0.780. The summed E-state index contributed by atoms with van der Waals surface area (Å²) in [5, 5.41) is 17.5. The fourth-order valence-corrected chi connectivity index (χ4v) is 1.27. The van der Waals surface area contributed by atoms with Crippen LogP contribution in [0.15, 0.2) is 10.3 Å². The highest BCUT2D eigenvalue weighted by Crippen LogP contribution is 2.14. The molecule has 0 fully saturated rings. The maximum Gasteiger partial charge on any atom is 0.322 e. The predicted octanol–water partition coefficient (Wildman–Crippen LogP) is 1.42.